The van der Waals surface area contributed by atoms with Crippen molar-refractivity contribution in [3.05, 3.63) is 71.8 Å². The maximum atomic E-state index is 9.54. The molecule has 0 heterocycles. The number of aliphatic hydroxyl groups is 1. The Balaban J connectivity index is 1.92. The van der Waals surface area contributed by atoms with E-state index >= 15 is 0 Å². The zero-order valence-corrected chi connectivity index (χ0v) is 10.9. The van der Waals surface area contributed by atoms with E-state index in [-0.39, 0.29) is 18.2 Å². The minimum absolute atomic E-state index is 0.0731. The largest absolute Gasteiger partial charge is 0.394 e. The lowest BCUT2D eigenvalue weighted by Crippen LogP contribution is -2.38. The first-order valence-electron chi connectivity index (χ1n) is 6.81. The van der Waals surface area contributed by atoms with Crippen molar-refractivity contribution >= 4 is 0 Å². The molecule has 3 rings (SSSR count). The lowest BCUT2D eigenvalue weighted by atomic mass is 9.97. The van der Waals surface area contributed by atoms with Crippen LogP contribution in [0.25, 0.3) is 0 Å². The molecule has 19 heavy (non-hydrogen) atoms. The first-order valence-corrected chi connectivity index (χ1v) is 6.81. The second-order valence-electron chi connectivity index (χ2n) is 5.34. The highest BCUT2D eigenvalue weighted by Gasteiger charge is 2.43. The molecule has 98 valence electrons. The normalized spacial score (nSPS) is 16.5. The summed E-state index contributed by atoms with van der Waals surface area (Å²) in [6, 6.07) is 21.0. The molecule has 1 aliphatic carbocycles. The van der Waals surface area contributed by atoms with E-state index in [1.165, 1.54) is 11.1 Å². The molecule has 0 atom stereocenters. The highest BCUT2D eigenvalue weighted by molar-refractivity contribution is 5.32. The molecule has 2 N–H and O–H groups in total. The van der Waals surface area contributed by atoms with E-state index in [1.807, 2.05) is 12.1 Å². The van der Waals surface area contributed by atoms with Crippen LogP contribution in [0.3, 0.4) is 0 Å². The number of hydrogen-bond acceptors (Lipinski definition) is 2. The van der Waals surface area contributed by atoms with Gasteiger partial charge in [-0.3, -0.25) is 5.32 Å². The van der Waals surface area contributed by atoms with Gasteiger partial charge in [-0.2, -0.15) is 0 Å². The van der Waals surface area contributed by atoms with Gasteiger partial charge in [0.15, 0.2) is 0 Å². The molecule has 0 saturated heterocycles. The van der Waals surface area contributed by atoms with Gasteiger partial charge in [0, 0.05) is 5.54 Å². The summed E-state index contributed by atoms with van der Waals surface area (Å²) in [5.74, 6) is 0. The monoisotopic (exact) mass is 253 g/mol. The topological polar surface area (TPSA) is 32.3 Å². The van der Waals surface area contributed by atoms with E-state index in [4.69, 9.17) is 0 Å². The fraction of sp³-hybridized carbons (Fsp3) is 0.294. The van der Waals surface area contributed by atoms with E-state index in [0.29, 0.717) is 0 Å². The summed E-state index contributed by atoms with van der Waals surface area (Å²) in [6.07, 6.45) is 2.11. The molecule has 1 saturated carbocycles. The molecule has 1 fully saturated rings. The van der Waals surface area contributed by atoms with Gasteiger partial charge in [0.25, 0.3) is 0 Å². The fourth-order valence-corrected chi connectivity index (χ4v) is 2.46. The molecule has 0 unspecified atom stereocenters. The first kappa shape index (κ1) is 12.4. The van der Waals surface area contributed by atoms with E-state index in [2.05, 4.69) is 53.8 Å². The maximum Gasteiger partial charge on any atom is 0.0613 e. The highest BCUT2D eigenvalue weighted by atomic mass is 16.3. The molecule has 0 spiro atoms. The van der Waals surface area contributed by atoms with Crippen LogP contribution in [0.4, 0.5) is 0 Å². The average Bonchev–Trinajstić information content (AvgIpc) is 3.27. The Morgan fingerprint density at radius 3 is 1.74 bits per heavy atom. The SMILES string of the molecule is OCC1(NC(c2ccccc2)c2ccccc2)CC1. The molecule has 0 bridgehead atoms. The summed E-state index contributed by atoms with van der Waals surface area (Å²) in [6.45, 7) is 0.211. The van der Waals surface area contributed by atoms with Crippen LogP contribution in [0.15, 0.2) is 60.7 Å². The van der Waals surface area contributed by atoms with Crippen LogP contribution in [0.1, 0.15) is 30.0 Å². The predicted octanol–water partition coefficient (Wildman–Crippen LogP) is 2.89. The van der Waals surface area contributed by atoms with Gasteiger partial charge < -0.3 is 5.11 Å². The molecule has 0 aliphatic heterocycles. The molecule has 2 aromatic carbocycles. The molecular formula is C17H19NO. The smallest absolute Gasteiger partial charge is 0.0613 e. The van der Waals surface area contributed by atoms with Crippen molar-refractivity contribution in [2.24, 2.45) is 0 Å². The van der Waals surface area contributed by atoms with Gasteiger partial charge in [-0.15, -0.1) is 0 Å². The molecule has 0 amide bonds. The van der Waals surface area contributed by atoms with Crippen LogP contribution in [-0.4, -0.2) is 17.3 Å². The molecule has 1 aliphatic rings. The third-order valence-electron chi connectivity index (χ3n) is 3.87. The molecule has 0 aromatic heterocycles. The van der Waals surface area contributed by atoms with Gasteiger partial charge in [0.1, 0.15) is 0 Å². The van der Waals surface area contributed by atoms with Crippen LogP contribution in [0.2, 0.25) is 0 Å². The Kier molecular flexibility index (Phi) is 3.36. The van der Waals surface area contributed by atoms with Crippen LogP contribution in [0.5, 0.6) is 0 Å². The highest BCUT2D eigenvalue weighted by Crippen LogP contribution is 2.38. The number of nitrogens with one attached hydrogen (secondary N) is 1. The zero-order chi connectivity index (χ0) is 13.1. The molecule has 2 nitrogen and oxygen atoms in total. The number of hydrogen-bond donors (Lipinski definition) is 2. The summed E-state index contributed by atoms with van der Waals surface area (Å²) < 4.78 is 0. The standard InChI is InChI=1S/C17H19NO/c19-13-17(11-12-17)18-16(14-7-3-1-4-8-14)15-9-5-2-6-10-15/h1-10,16,18-19H,11-13H2. The summed E-state index contributed by atoms with van der Waals surface area (Å²) in [5.41, 5.74) is 2.41. The third-order valence-corrected chi connectivity index (χ3v) is 3.87. The third kappa shape index (κ3) is 2.70. The number of aliphatic hydroxyl groups excluding tert-OH is 1. The Morgan fingerprint density at radius 1 is 0.895 bits per heavy atom. The zero-order valence-electron chi connectivity index (χ0n) is 10.9. The van der Waals surface area contributed by atoms with Crippen molar-refractivity contribution in [2.45, 2.75) is 24.4 Å². The quantitative estimate of drug-likeness (QED) is 0.858. The Bertz CT molecular complexity index is 480. The summed E-state index contributed by atoms with van der Waals surface area (Å²) in [4.78, 5) is 0. The van der Waals surface area contributed by atoms with Crippen molar-refractivity contribution in [1.29, 1.82) is 0 Å². The number of benzene rings is 2. The molecular weight excluding hydrogens is 234 g/mol. The molecule has 2 aromatic rings. The first-order chi connectivity index (χ1) is 9.33. The lowest BCUT2D eigenvalue weighted by molar-refractivity contribution is 0.223. The van der Waals surface area contributed by atoms with Crippen LogP contribution in [-0.2, 0) is 0 Å². The minimum atomic E-state index is -0.0731. The summed E-state index contributed by atoms with van der Waals surface area (Å²) >= 11 is 0. The van der Waals surface area contributed by atoms with Crippen LogP contribution in [0, 0.1) is 0 Å². The van der Waals surface area contributed by atoms with Crippen LogP contribution >= 0.6 is 0 Å². The van der Waals surface area contributed by atoms with Crippen molar-refractivity contribution in [3.8, 4) is 0 Å². The van der Waals surface area contributed by atoms with Crippen molar-refractivity contribution in [2.75, 3.05) is 6.61 Å². The molecule has 2 heteroatoms. The van der Waals surface area contributed by atoms with Gasteiger partial charge in [0.2, 0.25) is 0 Å². The van der Waals surface area contributed by atoms with Gasteiger partial charge >= 0.3 is 0 Å². The van der Waals surface area contributed by atoms with E-state index in [9.17, 15) is 5.11 Å². The van der Waals surface area contributed by atoms with Gasteiger partial charge in [-0.05, 0) is 24.0 Å². The Morgan fingerprint density at radius 2 is 1.37 bits per heavy atom. The van der Waals surface area contributed by atoms with Crippen molar-refractivity contribution in [3.63, 3.8) is 0 Å². The summed E-state index contributed by atoms with van der Waals surface area (Å²) in [5, 5.41) is 13.2. The number of rotatable bonds is 5. The maximum absolute atomic E-state index is 9.54. The van der Waals surface area contributed by atoms with Crippen molar-refractivity contribution < 1.29 is 5.11 Å². The van der Waals surface area contributed by atoms with E-state index in [1.54, 1.807) is 0 Å². The summed E-state index contributed by atoms with van der Waals surface area (Å²) in [7, 11) is 0. The van der Waals surface area contributed by atoms with Crippen molar-refractivity contribution in [1.82, 2.24) is 5.32 Å². The van der Waals surface area contributed by atoms with Crippen LogP contribution < -0.4 is 5.32 Å². The second kappa shape index (κ2) is 5.16. The van der Waals surface area contributed by atoms with E-state index in [0.717, 1.165) is 12.8 Å². The second-order valence-corrected chi connectivity index (χ2v) is 5.34. The van der Waals surface area contributed by atoms with Gasteiger partial charge in [-0.1, -0.05) is 60.7 Å². The van der Waals surface area contributed by atoms with Gasteiger partial charge in [-0.25, -0.2) is 0 Å². The Labute approximate surface area is 114 Å². The lowest BCUT2D eigenvalue weighted by Gasteiger charge is -2.25. The van der Waals surface area contributed by atoms with Gasteiger partial charge in [0.05, 0.1) is 12.6 Å². The minimum Gasteiger partial charge on any atom is -0.394 e. The Hall–Kier alpha value is -1.64. The average molecular weight is 253 g/mol. The molecule has 0 radical (unpaired) electrons. The van der Waals surface area contributed by atoms with E-state index < -0.39 is 0 Å². The predicted molar refractivity (Wildman–Crippen MR) is 76.9 cm³/mol. The fourth-order valence-electron chi connectivity index (χ4n) is 2.46.